The van der Waals surface area contributed by atoms with E-state index in [1.165, 1.54) is 0 Å². The Morgan fingerprint density at radius 3 is 2.64 bits per heavy atom. The van der Waals surface area contributed by atoms with Crippen LogP contribution in [0, 0.1) is 45.3 Å². The number of methoxy groups -OCH3 is 1. The van der Waals surface area contributed by atoms with E-state index in [1.54, 1.807) is 7.11 Å². The summed E-state index contributed by atoms with van der Waals surface area (Å²) >= 11 is 0. The molecule has 1 aromatic rings. The van der Waals surface area contributed by atoms with Crippen LogP contribution in [0.25, 0.3) is 0 Å². The fourth-order valence-corrected chi connectivity index (χ4v) is 4.45. The molecule has 142 valence electrons. The van der Waals surface area contributed by atoms with Crippen molar-refractivity contribution in [1.29, 1.82) is 15.8 Å². The van der Waals surface area contributed by atoms with Crippen LogP contribution in [0.1, 0.15) is 24.8 Å². The van der Waals surface area contributed by atoms with Gasteiger partial charge >= 0.3 is 0 Å². The van der Waals surface area contributed by atoms with Crippen LogP contribution >= 0.6 is 0 Å². The highest BCUT2D eigenvalue weighted by atomic mass is 16.5. The Morgan fingerprint density at radius 1 is 1.29 bits per heavy atom. The molecule has 2 aliphatic rings. The summed E-state index contributed by atoms with van der Waals surface area (Å²) in [6.07, 6.45) is 3.03. The first kappa shape index (κ1) is 19.5. The lowest BCUT2D eigenvalue weighted by molar-refractivity contribution is 0.207. The van der Waals surface area contributed by atoms with E-state index < -0.39 is 11.3 Å². The molecule has 3 rings (SSSR count). The number of rotatable bonds is 4. The van der Waals surface area contributed by atoms with E-state index in [4.69, 9.17) is 10.5 Å². The van der Waals surface area contributed by atoms with Gasteiger partial charge in [-0.25, -0.2) is 0 Å². The molecule has 0 fully saturated rings. The van der Waals surface area contributed by atoms with E-state index in [2.05, 4.69) is 30.0 Å². The lowest BCUT2D eigenvalue weighted by Gasteiger charge is -2.45. The van der Waals surface area contributed by atoms with Crippen LogP contribution in [0.4, 0.5) is 0 Å². The molecule has 0 bridgehead atoms. The van der Waals surface area contributed by atoms with Crippen molar-refractivity contribution in [2.75, 3.05) is 26.7 Å². The van der Waals surface area contributed by atoms with Crippen molar-refractivity contribution in [2.24, 2.45) is 17.1 Å². The molecule has 1 aliphatic heterocycles. The zero-order chi connectivity index (χ0) is 20.3. The first-order valence-electron chi connectivity index (χ1n) is 9.35. The molecule has 0 spiro atoms. The highest BCUT2D eigenvalue weighted by molar-refractivity contribution is 5.59. The SMILES string of the molecule is CCCN1CC=C2C(C#N)=C(N)C(C#N)(C#N)[C@H](c3cccc(OC)c3)[C@H]2C1. The van der Waals surface area contributed by atoms with Crippen LogP contribution < -0.4 is 10.5 Å². The minimum Gasteiger partial charge on any atom is -0.497 e. The van der Waals surface area contributed by atoms with Gasteiger partial charge in [0.2, 0.25) is 0 Å². The number of allylic oxidation sites excluding steroid dienone is 2. The molecular formula is C22H23N5O. The number of benzene rings is 1. The summed E-state index contributed by atoms with van der Waals surface area (Å²) in [5.41, 5.74) is 6.71. The molecule has 0 saturated carbocycles. The maximum atomic E-state index is 10.1. The Labute approximate surface area is 165 Å². The van der Waals surface area contributed by atoms with Gasteiger partial charge in [0.05, 0.1) is 30.5 Å². The molecule has 0 unspecified atom stereocenters. The average Bonchev–Trinajstić information content (AvgIpc) is 2.73. The van der Waals surface area contributed by atoms with Gasteiger partial charge in [-0.05, 0) is 36.2 Å². The Bertz CT molecular complexity index is 942. The first-order chi connectivity index (χ1) is 13.6. The smallest absolute Gasteiger partial charge is 0.191 e. The predicted molar refractivity (Wildman–Crippen MR) is 105 cm³/mol. The number of hydrogen-bond acceptors (Lipinski definition) is 6. The number of nitriles is 3. The maximum absolute atomic E-state index is 10.1. The van der Waals surface area contributed by atoms with Crippen LogP contribution in [0.2, 0.25) is 0 Å². The summed E-state index contributed by atoms with van der Waals surface area (Å²) in [6, 6.07) is 13.9. The van der Waals surface area contributed by atoms with Gasteiger partial charge in [0, 0.05) is 24.9 Å². The first-order valence-corrected chi connectivity index (χ1v) is 9.35. The minimum absolute atomic E-state index is 0.0549. The quantitative estimate of drug-likeness (QED) is 0.869. The van der Waals surface area contributed by atoms with Crippen molar-refractivity contribution in [3.63, 3.8) is 0 Å². The van der Waals surface area contributed by atoms with E-state index in [-0.39, 0.29) is 17.2 Å². The van der Waals surface area contributed by atoms with Gasteiger partial charge in [0.1, 0.15) is 11.8 Å². The normalized spacial score (nSPS) is 23.6. The molecule has 28 heavy (non-hydrogen) atoms. The third-order valence-electron chi connectivity index (χ3n) is 5.73. The Hall–Kier alpha value is -3.27. The molecule has 0 aromatic heterocycles. The van der Waals surface area contributed by atoms with Crippen LogP contribution in [-0.4, -0.2) is 31.6 Å². The van der Waals surface area contributed by atoms with Crippen molar-refractivity contribution in [3.05, 3.63) is 52.7 Å². The molecule has 1 aliphatic carbocycles. The monoisotopic (exact) mass is 373 g/mol. The second-order valence-corrected chi connectivity index (χ2v) is 7.21. The second-order valence-electron chi connectivity index (χ2n) is 7.21. The van der Waals surface area contributed by atoms with Gasteiger partial charge in [-0.3, -0.25) is 4.90 Å². The van der Waals surface area contributed by atoms with Crippen molar-refractivity contribution < 1.29 is 4.74 Å². The van der Waals surface area contributed by atoms with Gasteiger partial charge in [-0.2, -0.15) is 15.8 Å². The topological polar surface area (TPSA) is 110 Å². The standard InChI is InChI=1S/C22H23N5O/c1-3-8-27-9-7-17-18(11-23)21(26)22(13-24,14-25)20(19(17)12-27)15-5-4-6-16(10-15)28-2/h4-7,10,19-20H,3,8-9,12,26H2,1-2H3/t19-,20+/m0/s1. The largest absolute Gasteiger partial charge is 0.497 e. The third-order valence-corrected chi connectivity index (χ3v) is 5.73. The van der Waals surface area contributed by atoms with E-state index in [0.29, 0.717) is 12.3 Å². The van der Waals surface area contributed by atoms with Crippen molar-refractivity contribution in [3.8, 4) is 24.0 Å². The fourth-order valence-electron chi connectivity index (χ4n) is 4.45. The molecule has 6 nitrogen and oxygen atoms in total. The summed E-state index contributed by atoms with van der Waals surface area (Å²) in [5, 5.41) is 29.9. The fraction of sp³-hybridized carbons (Fsp3) is 0.409. The zero-order valence-corrected chi connectivity index (χ0v) is 16.1. The van der Waals surface area contributed by atoms with Gasteiger partial charge in [-0.15, -0.1) is 0 Å². The molecule has 1 aromatic carbocycles. The lowest BCUT2D eigenvalue weighted by Crippen LogP contribution is -2.48. The van der Waals surface area contributed by atoms with Crippen molar-refractivity contribution >= 4 is 0 Å². The summed E-state index contributed by atoms with van der Waals surface area (Å²) in [5.74, 6) is -0.00285. The summed E-state index contributed by atoms with van der Waals surface area (Å²) in [6.45, 7) is 4.44. The van der Waals surface area contributed by atoms with Gasteiger partial charge < -0.3 is 10.5 Å². The number of nitrogens with two attached hydrogens (primary N) is 1. The molecule has 2 atom stereocenters. The second kappa shape index (κ2) is 7.77. The molecule has 0 saturated heterocycles. The zero-order valence-electron chi connectivity index (χ0n) is 16.1. The number of hydrogen-bond donors (Lipinski definition) is 1. The van der Waals surface area contributed by atoms with E-state index >= 15 is 0 Å². The molecule has 2 N–H and O–H groups in total. The molecule has 0 amide bonds. The third kappa shape index (κ3) is 2.91. The van der Waals surface area contributed by atoms with Gasteiger partial charge in [-0.1, -0.05) is 25.1 Å². The van der Waals surface area contributed by atoms with Crippen LogP contribution in [0.15, 0.2) is 47.2 Å². The van der Waals surface area contributed by atoms with Gasteiger partial charge in [0.15, 0.2) is 5.41 Å². The molecule has 6 heteroatoms. The van der Waals surface area contributed by atoms with E-state index in [9.17, 15) is 15.8 Å². The minimum atomic E-state index is -1.60. The van der Waals surface area contributed by atoms with Crippen molar-refractivity contribution in [1.82, 2.24) is 4.90 Å². The lowest BCUT2D eigenvalue weighted by atomic mass is 9.58. The molecule has 1 heterocycles. The number of ether oxygens (including phenoxy) is 1. The summed E-state index contributed by atoms with van der Waals surface area (Å²) in [4.78, 5) is 2.29. The van der Waals surface area contributed by atoms with Crippen LogP contribution in [-0.2, 0) is 0 Å². The highest BCUT2D eigenvalue weighted by Crippen LogP contribution is 2.54. The maximum Gasteiger partial charge on any atom is 0.191 e. The summed E-state index contributed by atoms with van der Waals surface area (Å²) < 4.78 is 5.36. The molecular weight excluding hydrogens is 350 g/mol. The number of fused-ring (bicyclic) bond motifs is 1. The van der Waals surface area contributed by atoms with Crippen LogP contribution in [0.3, 0.4) is 0 Å². The Balaban J connectivity index is 2.27. The van der Waals surface area contributed by atoms with Crippen LogP contribution in [0.5, 0.6) is 5.75 Å². The Morgan fingerprint density at radius 2 is 2.04 bits per heavy atom. The highest BCUT2D eigenvalue weighted by Gasteiger charge is 2.54. The Kier molecular flexibility index (Phi) is 5.41. The molecule has 0 radical (unpaired) electrons. The van der Waals surface area contributed by atoms with E-state index in [0.717, 1.165) is 30.6 Å². The van der Waals surface area contributed by atoms with Gasteiger partial charge in [0.25, 0.3) is 0 Å². The predicted octanol–water partition coefficient (Wildman–Crippen LogP) is 2.83. The summed E-state index contributed by atoms with van der Waals surface area (Å²) in [7, 11) is 1.58. The number of nitrogens with zero attached hydrogens (tertiary/aromatic N) is 4. The van der Waals surface area contributed by atoms with Crippen molar-refractivity contribution in [2.45, 2.75) is 19.3 Å². The average molecular weight is 373 g/mol. The van der Waals surface area contributed by atoms with E-state index in [1.807, 2.05) is 30.3 Å².